The summed E-state index contributed by atoms with van der Waals surface area (Å²) in [6, 6.07) is 8.10. The maximum absolute atomic E-state index is 10.4. The van der Waals surface area contributed by atoms with Crippen LogP contribution in [-0.4, -0.2) is 30.3 Å². The third-order valence-corrected chi connectivity index (χ3v) is 5.95. The molecule has 1 fully saturated rings. The number of halogens is 1. The number of ether oxygens (including phenoxy) is 2. The van der Waals surface area contributed by atoms with Gasteiger partial charge >= 0.3 is 0 Å². The van der Waals surface area contributed by atoms with Crippen LogP contribution < -0.4 is 4.74 Å². The van der Waals surface area contributed by atoms with Crippen LogP contribution in [0.15, 0.2) is 36.4 Å². The van der Waals surface area contributed by atoms with Crippen molar-refractivity contribution in [3.63, 3.8) is 0 Å². The van der Waals surface area contributed by atoms with Crippen LogP contribution in [0.2, 0.25) is 0 Å². The van der Waals surface area contributed by atoms with Crippen LogP contribution in [0.4, 0.5) is 0 Å². The van der Waals surface area contributed by atoms with Gasteiger partial charge in [0.1, 0.15) is 5.75 Å². The molecule has 0 bridgehead atoms. The summed E-state index contributed by atoms with van der Waals surface area (Å²) >= 11 is 6.49. The van der Waals surface area contributed by atoms with Gasteiger partial charge in [0, 0.05) is 51.1 Å². The van der Waals surface area contributed by atoms with Gasteiger partial charge in [-0.2, -0.15) is 6.42 Å². The van der Waals surface area contributed by atoms with E-state index in [1.54, 1.807) is 7.11 Å². The first kappa shape index (κ1) is 26.1. The Bertz CT molecular complexity index is 563. The van der Waals surface area contributed by atoms with Crippen LogP contribution in [0, 0.1) is 18.8 Å². The van der Waals surface area contributed by atoms with Gasteiger partial charge in [0.15, 0.2) is 0 Å². The summed E-state index contributed by atoms with van der Waals surface area (Å²) in [6.45, 7) is 6.49. The molecular formula is C23H34ClO3Y-. The fourth-order valence-electron chi connectivity index (χ4n) is 3.83. The number of hydrogen-bond donors (Lipinski definition) is 1. The maximum atomic E-state index is 10.4. The van der Waals surface area contributed by atoms with Crippen molar-refractivity contribution in [2.45, 2.75) is 63.0 Å². The van der Waals surface area contributed by atoms with E-state index >= 15 is 0 Å². The van der Waals surface area contributed by atoms with Gasteiger partial charge in [-0.1, -0.05) is 44.1 Å². The number of aliphatic hydroxyl groups is 1. The predicted octanol–water partition coefficient (Wildman–Crippen LogP) is 5.72. The van der Waals surface area contributed by atoms with Crippen LogP contribution in [0.5, 0.6) is 5.75 Å². The van der Waals surface area contributed by atoms with E-state index in [2.05, 4.69) is 38.1 Å². The van der Waals surface area contributed by atoms with Crippen LogP contribution >= 0.6 is 11.6 Å². The summed E-state index contributed by atoms with van der Waals surface area (Å²) in [6.07, 6.45) is 9.54. The molecule has 1 aromatic rings. The molecule has 1 radical (unpaired) electrons. The Labute approximate surface area is 201 Å². The minimum atomic E-state index is -0.402. The molecular weight excluding hydrogens is 449 g/mol. The molecule has 1 aromatic carbocycles. The molecule has 3 nitrogen and oxygen atoms in total. The molecule has 1 aliphatic rings. The van der Waals surface area contributed by atoms with Crippen molar-refractivity contribution in [1.82, 2.24) is 0 Å². The Morgan fingerprint density at radius 1 is 1.25 bits per heavy atom. The van der Waals surface area contributed by atoms with Crippen molar-refractivity contribution in [2.75, 3.05) is 13.7 Å². The number of methoxy groups -OCH3 is 1. The molecule has 155 valence electrons. The van der Waals surface area contributed by atoms with E-state index < -0.39 is 6.10 Å². The van der Waals surface area contributed by atoms with E-state index in [0.29, 0.717) is 13.0 Å². The molecule has 0 saturated heterocycles. The Morgan fingerprint density at radius 3 is 2.57 bits per heavy atom. The molecule has 0 amide bonds. The van der Waals surface area contributed by atoms with Gasteiger partial charge in [0.05, 0.1) is 18.8 Å². The van der Waals surface area contributed by atoms with Gasteiger partial charge < -0.3 is 21.5 Å². The maximum Gasteiger partial charge on any atom is 0.119 e. The van der Waals surface area contributed by atoms with E-state index in [1.165, 1.54) is 5.56 Å². The minimum Gasteiger partial charge on any atom is -0.493 e. The van der Waals surface area contributed by atoms with Crippen LogP contribution in [0.1, 0.15) is 57.1 Å². The largest absolute Gasteiger partial charge is 0.493 e. The monoisotopic (exact) mass is 482 g/mol. The molecule has 0 spiro atoms. The summed E-state index contributed by atoms with van der Waals surface area (Å²) in [5.41, 5.74) is 1.17. The summed E-state index contributed by atoms with van der Waals surface area (Å²) in [7, 11) is 1.75. The van der Waals surface area contributed by atoms with Gasteiger partial charge in [-0.3, -0.25) is 0 Å². The number of hydrogen-bond acceptors (Lipinski definition) is 3. The molecule has 0 aromatic heterocycles. The second kappa shape index (κ2) is 14.1. The number of alkyl halides is 1. The first-order valence-electron chi connectivity index (χ1n) is 10.1. The van der Waals surface area contributed by atoms with Gasteiger partial charge in [-0.15, -0.1) is 11.6 Å². The zero-order chi connectivity index (χ0) is 19.6. The smallest absolute Gasteiger partial charge is 0.119 e. The topological polar surface area (TPSA) is 38.7 Å². The molecule has 1 aliphatic carbocycles. The number of benzene rings is 1. The SMILES string of the molecule is [CH2-]CC/C=C\C[C@@H]1[C@@H](COc2ccc(C(CCC)OC)cc2)[C@H](O)C[C@H]1Cl.[Y]. The standard InChI is InChI=1S/C23H34ClO3.Y/c1-4-6-7-8-10-19-20(22(25)15-21(19)24)16-27-18-13-11-17(12-14-18)23(26-3)9-5-2;/h7-8,11-14,19-23,25H,1,4-6,9-10,15-16H2,2-3H3;/q-1;/b8-7-;/t19-,20-,21-,22-,23?;/m1./s1. The van der Waals surface area contributed by atoms with Gasteiger partial charge in [-0.25, -0.2) is 0 Å². The molecule has 0 heterocycles. The molecule has 5 heteroatoms. The van der Waals surface area contributed by atoms with Gasteiger partial charge in [-0.05, 0) is 42.9 Å². The Balaban J connectivity index is 0.00000392. The first-order valence-corrected chi connectivity index (χ1v) is 10.6. The van der Waals surface area contributed by atoms with E-state index in [9.17, 15) is 5.11 Å². The third-order valence-electron chi connectivity index (χ3n) is 5.45. The van der Waals surface area contributed by atoms with E-state index in [-0.39, 0.29) is 56.0 Å². The van der Waals surface area contributed by atoms with Crippen molar-refractivity contribution >= 4 is 11.6 Å². The van der Waals surface area contributed by atoms with Crippen LogP contribution in [-0.2, 0) is 37.4 Å². The second-order valence-corrected chi connectivity index (χ2v) is 7.95. The zero-order valence-electron chi connectivity index (χ0n) is 17.2. The van der Waals surface area contributed by atoms with E-state index in [1.807, 2.05) is 12.1 Å². The van der Waals surface area contributed by atoms with Crippen molar-refractivity contribution in [3.8, 4) is 5.75 Å². The molecule has 5 atom stereocenters. The first-order chi connectivity index (χ1) is 13.1. The average Bonchev–Trinajstić information content (AvgIpc) is 2.94. The number of rotatable bonds is 11. The fourth-order valence-corrected chi connectivity index (χ4v) is 4.31. The second-order valence-electron chi connectivity index (χ2n) is 7.39. The third kappa shape index (κ3) is 7.72. The molecule has 1 N–H and O–H groups in total. The molecule has 0 aliphatic heterocycles. The van der Waals surface area contributed by atoms with Gasteiger partial charge in [0.25, 0.3) is 0 Å². The number of allylic oxidation sites excluding steroid dienone is 2. The van der Waals surface area contributed by atoms with E-state index in [0.717, 1.165) is 37.9 Å². The number of unbranched alkanes of at least 4 members (excludes halogenated alkanes) is 1. The number of aliphatic hydroxyl groups excluding tert-OH is 1. The quantitative estimate of drug-likeness (QED) is 0.249. The molecule has 28 heavy (non-hydrogen) atoms. The fraction of sp³-hybridized carbons (Fsp3) is 0.609. The van der Waals surface area contributed by atoms with Crippen molar-refractivity contribution in [2.24, 2.45) is 11.8 Å². The van der Waals surface area contributed by atoms with E-state index in [4.69, 9.17) is 21.1 Å². The van der Waals surface area contributed by atoms with Crippen molar-refractivity contribution < 1.29 is 47.3 Å². The Kier molecular flexibility index (Phi) is 13.2. The Morgan fingerprint density at radius 2 is 1.96 bits per heavy atom. The van der Waals surface area contributed by atoms with Crippen LogP contribution in [0.25, 0.3) is 0 Å². The van der Waals surface area contributed by atoms with Crippen LogP contribution in [0.3, 0.4) is 0 Å². The average molecular weight is 483 g/mol. The van der Waals surface area contributed by atoms with Crippen molar-refractivity contribution in [1.29, 1.82) is 0 Å². The Hall–Kier alpha value is 0.0739. The molecule has 1 unspecified atom stereocenters. The normalized spacial score (nSPS) is 25.6. The van der Waals surface area contributed by atoms with Gasteiger partial charge in [0.2, 0.25) is 0 Å². The predicted molar refractivity (Wildman–Crippen MR) is 112 cm³/mol. The summed E-state index contributed by atoms with van der Waals surface area (Å²) in [5, 5.41) is 10.4. The molecule has 2 rings (SSSR count). The van der Waals surface area contributed by atoms with Crippen molar-refractivity contribution in [3.05, 3.63) is 48.9 Å². The summed E-state index contributed by atoms with van der Waals surface area (Å²) in [4.78, 5) is 0. The summed E-state index contributed by atoms with van der Waals surface area (Å²) in [5.74, 6) is 1.12. The minimum absolute atomic E-state index is 0. The molecule has 1 saturated carbocycles. The zero-order valence-corrected chi connectivity index (χ0v) is 20.8. The summed E-state index contributed by atoms with van der Waals surface area (Å²) < 4.78 is 11.6.